The van der Waals surface area contributed by atoms with Gasteiger partial charge in [-0.3, -0.25) is 4.79 Å². The maximum Gasteiger partial charge on any atom is 0.308 e. The molecule has 120 valence electrons. The first-order chi connectivity index (χ1) is 10.8. The number of fused-ring (bicyclic) bond motifs is 1. The van der Waals surface area contributed by atoms with Crippen LogP contribution in [0.4, 0.5) is 0 Å². The molecule has 0 saturated carbocycles. The van der Waals surface area contributed by atoms with Gasteiger partial charge in [0.15, 0.2) is 6.29 Å². The van der Waals surface area contributed by atoms with Crippen molar-refractivity contribution in [3.8, 4) is 0 Å². The summed E-state index contributed by atoms with van der Waals surface area (Å²) in [5.74, 6) is -0.260. The van der Waals surface area contributed by atoms with E-state index in [4.69, 9.17) is 18.9 Å². The molecule has 2 heterocycles. The van der Waals surface area contributed by atoms with Crippen molar-refractivity contribution >= 4 is 5.97 Å². The number of carbonyl (C=O) groups is 1. The molecular weight excluding hydrogens is 284 g/mol. The lowest BCUT2D eigenvalue weighted by molar-refractivity contribution is -0.169. The van der Waals surface area contributed by atoms with Crippen LogP contribution in [0.2, 0.25) is 0 Å². The number of rotatable bonds is 5. The largest absolute Gasteiger partial charge is 0.469 e. The van der Waals surface area contributed by atoms with E-state index in [0.29, 0.717) is 13.2 Å². The van der Waals surface area contributed by atoms with E-state index in [0.717, 1.165) is 42.6 Å². The monoisotopic (exact) mass is 306 g/mol. The highest BCUT2D eigenvalue weighted by Crippen LogP contribution is 2.36. The predicted octanol–water partition coefficient (Wildman–Crippen LogP) is 2.86. The van der Waals surface area contributed by atoms with Gasteiger partial charge in [-0.25, -0.2) is 0 Å². The lowest BCUT2D eigenvalue weighted by Crippen LogP contribution is -2.22. The lowest BCUT2D eigenvalue weighted by atomic mass is 9.97. The molecule has 0 spiro atoms. The third-order valence-corrected chi connectivity index (χ3v) is 4.19. The molecule has 22 heavy (non-hydrogen) atoms. The zero-order valence-corrected chi connectivity index (χ0v) is 12.9. The second kappa shape index (κ2) is 7.22. The molecule has 2 aliphatic rings. The Bertz CT molecular complexity index is 522. The summed E-state index contributed by atoms with van der Waals surface area (Å²) in [6.45, 7) is 1.78. The molecule has 0 aromatic heterocycles. The summed E-state index contributed by atoms with van der Waals surface area (Å²) >= 11 is 0. The normalized spacial score (nSPS) is 24.0. The molecule has 2 aliphatic heterocycles. The van der Waals surface area contributed by atoms with Crippen LogP contribution in [0.15, 0.2) is 18.2 Å². The first-order valence-corrected chi connectivity index (χ1v) is 7.80. The average Bonchev–Trinajstić information content (AvgIpc) is 2.97. The SMILES string of the molecule is COC(=O)CC1OCc2cccc(COC3CCCCO3)c21. The molecule has 1 fully saturated rings. The fourth-order valence-electron chi connectivity index (χ4n) is 3.03. The van der Waals surface area contributed by atoms with Gasteiger partial charge in [-0.1, -0.05) is 18.2 Å². The van der Waals surface area contributed by atoms with E-state index in [9.17, 15) is 4.79 Å². The molecule has 1 saturated heterocycles. The summed E-state index contributed by atoms with van der Waals surface area (Å²) in [5.41, 5.74) is 3.27. The zero-order valence-electron chi connectivity index (χ0n) is 12.9. The van der Waals surface area contributed by atoms with E-state index in [-0.39, 0.29) is 24.8 Å². The Labute approximate surface area is 130 Å². The van der Waals surface area contributed by atoms with Gasteiger partial charge in [0.1, 0.15) is 0 Å². The highest BCUT2D eigenvalue weighted by Gasteiger charge is 2.28. The van der Waals surface area contributed by atoms with Crippen molar-refractivity contribution in [1.82, 2.24) is 0 Å². The molecule has 3 rings (SSSR count). The van der Waals surface area contributed by atoms with Crippen molar-refractivity contribution in [2.45, 2.75) is 51.3 Å². The quantitative estimate of drug-likeness (QED) is 0.783. The smallest absolute Gasteiger partial charge is 0.308 e. The number of esters is 1. The van der Waals surface area contributed by atoms with Gasteiger partial charge in [-0.05, 0) is 36.0 Å². The van der Waals surface area contributed by atoms with Crippen LogP contribution in [0.1, 0.15) is 48.5 Å². The maximum atomic E-state index is 11.5. The van der Waals surface area contributed by atoms with Gasteiger partial charge in [-0.15, -0.1) is 0 Å². The molecule has 2 unspecified atom stereocenters. The second-order valence-electron chi connectivity index (χ2n) is 5.68. The number of ether oxygens (including phenoxy) is 4. The van der Waals surface area contributed by atoms with E-state index < -0.39 is 0 Å². The summed E-state index contributed by atoms with van der Waals surface area (Å²) in [7, 11) is 1.40. The Morgan fingerprint density at radius 3 is 3.00 bits per heavy atom. The minimum atomic E-state index is -0.260. The fraction of sp³-hybridized carbons (Fsp3) is 0.588. The Morgan fingerprint density at radius 1 is 1.32 bits per heavy atom. The highest BCUT2D eigenvalue weighted by atomic mass is 16.7. The van der Waals surface area contributed by atoms with Gasteiger partial charge in [0.25, 0.3) is 0 Å². The number of methoxy groups -OCH3 is 1. The first kappa shape index (κ1) is 15.5. The minimum Gasteiger partial charge on any atom is -0.469 e. The average molecular weight is 306 g/mol. The van der Waals surface area contributed by atoms with Crippen molar-refractivity contribution < 1.29 is 23.7 Å². The third-order valence-electron chi connectivity index (χ3n) is 4.19. The van der Waals surface area contributed by atoms with Crippen LogP contribution < -0.4 is 0 Å². The molecule has 1 aromatic rings. The minimum absolute atomic E-state index is 0.119. The molecule has 1 aromatic carbocycles. The van der Waals surface area contributed by atoms with Gasteiger partial charge in [0.2, 0.25) is 0 Å². The van der Waals surface area contributed by atoms with Gasteiger partial charge < -0.3 is 18.9 Å². The molecule has 0 amide bonds. The second-order valence-corrected chi connectivity index (χ2v) is 5.68. The van der Waals surface area contributed by atoms with Crippen LogP contribution in [0, 0.1) is 0 Å². The van der Waals surface area contributed by atoms with Crippen molar-refractivity contribution in [3.05, 3.63) is 34.9 Å². The number of hydrogen-bond donors (Lipinski definition) is 0. The molecule has 0 bridgehead atoms. The van der Waals surface area contributed by atoms with Gasteiger partial charge in [0.05, 0.1) is 32.8 Å². The van der Waals surface area contributed by atoms with Crippen LogP contribution in [0.3, 0.4) is 0 Å². The van der Waals surface area contributed by atoms with E-state index in [1.54, 1.807) is 0 Å². The van der Waals surface area contributed by atoms with Crippen molar-refractivity contribution in [2.75, 3.05) is 13.7 Å². The van der Waals surface area contributed by atoms with Crippen LogP contribution >= 0.6 is 0 Å². The van der Waals surface area contributed by atoms with Crippen LogP contribution in [0.5, 0.6) is 0 Å². The van der Waals surface area contributed by atoms with E-state index in [1.165, 1.54) is 7.11 Å². The fourth-order valence-corrected chi connectivity index (χ4v) is 3.03. The Kier molecular flexibility index (Phi) is 5.08. The van der Waals surface area contributed by atoms with E-state index in [1.807, 2.05) is 18.2 Å². The van der Waals surface area contributed by atoms with Crippen molar-refractivity contribution in [3.63, 3.8) is 0 Å². The molecule has 2 atom stereocenters. The lowest BCUT2D eigenvalue weighted by Gasteiger charge is -2.23. The Balaban J connectivity index is 1.69. The molecule has 0 aliphatic carbocycles. The van der Waals surface area contributed by atoms with Gasteiger partial charge in [-0.2, -0.15) is 0 Å². The zero-order chi connectivity index (χ0) is 15.4. The number of carbonyl (C=O) groups excluding carboxylic acids is 1. The number of hydrogen-bond acceptors (Lipinski definition) is 5. The maximum absolute atomic E-state index is 11.5. The summed E-state index contributed by atoms with van der Waals surface area (Å²) < 4.78 is 22.0. The van der Waals surface area contributed by atoms with Gasteiger partial charge in [0, 0.05) is 6.61 Å². The first-order valence-electron chi connectivity index (χ1n) is 7.80. The van der Waals surface area contributed by atoms with Crippen LogP contribution in [-0.2, 0) is 37.0 Å². The van der Waals surface area contributed by atoms with Crippen LogP contribution in [-0.4, -0.2) is 26.0 Å². The summed E-state index contributed by atoms with van der Waals surface area (Å²) in [6, 6.07) is 6.07. The molecule has 0 N–H and O–H groups in total. The van der Waals surface area contributed by atoms with Crippen molar-refractivity contribution in [1.29, 1.82) is 0 Å². The van der Waals surface area contributed by atoms with Crippen LogP contribution in [0.25, 0.3) is 0 Å². The van der Waals surface area contributed by atoms with Gasteiger partial charge >= 0.3 is 5.97 Å². The summed E-state index contributed by atoms with van der Waals surface area (Å²) in [5, 5.41) is 0. The topological polar surface area (TPSA) is 54.0 Å². The summed E-state index contributed by atoms with van der Waals surface area (Å²) in [4.78, 5) is 11.5. The van der Waals surface area contributed by atoms with Crippen molar-refractivity contribution in [2.24, 2.45) is 0 Å². The molecule has 0 radical (unpaired) electrons. The van der Waals surface area contributed by atoms with E-state index >= 15 is 0 Å². The van der Waals surface area contributed by atoms with E-state index in [2.05, 4.69) is 0 Å². The molecule has 5 heteroatoms. The molecule has 5 nitrogen and oxygen atoms in total. The highest BCUT2D eigenvalue weighted by molar-refractivity contribution is 5.70. The Hall–Kier alpha value is -1.43. The third kappa shape index (κ3) is 3.48. The Morgan fingerprint density at radius 2 is 2.23 bits per heavy atom. The molecular formula is C17H22O5. The standard InChI is InChI=1S/C17H22O5/c1-19-15(18)9-14-17-12(10-21-14)5-4-6-13(17)11-22-16-7-2-3-8-20-16/h4-6,14,16H,2-3,7-11H2,1H3. The predicted molar refractivity (Wildman–Crippen MR) is 79.0 cm³/mol. The number of benzene rings is 1. The summed E-state index contributed by atoms with van der Waals surface area (Å²) in [6.07, 6.45) is 3.07.